The average Bonchev–Trinajstić information content (AvgIpc) is 3.34. The van der Waals surface area contributed by atoms with Crippen LogP contribution in [0.2, 0.25) is 0 Å². The van der Waals surface area contributed by atoms with Gasteiger partial charge in [-0.05, 0) is 37.1 Å². The first-order valence-electron chi connectivity index (χ1n) is 10.9. The van der Waals surface area contributed by atoms with E-state index < -0.39 is 0 Å². The third kappa shape index (κ3) is 5.60. The molecule has 170 valence electrons. The molecule has 1 aliphatic heterocycles. The Hall–Kier alpha value is -3.62. The first-order valence-corrected chi connectivity index (χ1v) is 10.9. The smallest absolute Gasteiger partial charge is 0.250 e. The van der Waals surface area contributed by atoms with Crippen molar-refractivity contribution in [2.24, 2.45) is 0 Å². The predicted octanol–water partition coefficient (Wildman–Crippen LogP) is 3.17. The summed E-state index contributed by atoms with van der Waals surface area (Å²) in [5.41, 5.74) is 3.35. The van der Waals surface area contributed by atoms with Gasteiger partial charge in [0.2, 0.25) is 0 Å². The van der Waals surface area contributed by atoms with E-state index in [1.54, 1.807) is 23.0 Å². The second-order valence-corrected chi connectivity index (χ2v) is 8.00. The van der Waals surface area contributed by atoms with Gasteiger partial charge in [-0.15, -0.1) is 0 Å². The summed E-state index contributed by atoms with van der Waals surface area (Å²) in [6.45, 7) is 1.97. The van der Waals surface area contributed by atoms with Crippen LogP contribution in [-0.4, -0.2) is 45.1 Å². The summed E-state index contributed by atoms with van der Waals surface area (Å²) in [6, 6.07) is 10.8. The monoisotopic (exact) mass is 445 g/mol. The van der Waals surface area contributed by atoms with Crippen molar-refractivity contribution in [3.8, 4) is 11.3 Å². The lowest BCUT2D eigenvalue weighted by Gasteiger charge is -2.13. The van der Waals surface area contributed by atoms with Crippen LogP contribution in [0, 0.1) is 5.41 Å². The molecule has 0 amide bonds. The highest BCUT2D eigenvalue weighted by Gasteiger charge is 2.17. The maximum atomic E-state index is 12.3. The zero-order chi connectivity index (χ0) is 23.2. The number of benzene rings is 1. The fraction of sp³-hybridized carbons (Fsp3) is 0.280. The molecule has 8 heteroatoms. The SMILES string of the molecule is CNCc1ccc(C(=N)/C=C(\O)c2cncc(-c3ccc(=O)n(CC4CCCO4)c3)n2)cc1. The number of hydrogen-bond donors (Lipinski definition) is 3. The minimum absolute atomic E-state index is 0.0423. The summed E-state index contributed by atoms with van der Waals surface area (Å²) in [5.74, 6) is -0.152. The van der Waals surface area contributed by atoms with Gasteiger partial charge in [0.1, 0.15) is 11.5 Å². The Morgan fingerprint density at radius 1 is 1.27 bits per heavy atom. The molecule has 0 saturated carbocycles. The van der Waals surface area contributed by atoms with Gasteiger partial charge < -0.3 is 25.1 Å². The summed E-state index contributed by atoms with van der Waals surface area (Å²) in [4.78, 5) is 21.0. The van der Waals surface area contributed by atoms with Crippen LogP contribution in [0.4, 0.5) is 0 Å². The van der Waals surface area contributed by atoms with Crippen molar-refractivity contribution in [2.75, 3.05) is 13.7 Å². The van der Waals surface area contributed by atoms with E-state index in [0.29, 0.717) is 23.4 Å². The van der Waals surface area contributed by atoms with E-state index >= 15 is 0 Å². The molecule has 0 spiro atoms. The number of hydrogen-bond acceptors (Lipinski definition) is 7. The van der Waals surface area contributed by atoms with Crippen LogP contribution >= 0.6 is 0 Å². The summed E-state index contributed by atoms with van der Waals surface area (Å²) in [6.07, 6.45) is 8.12. The van der Waals surface area contributed by atoms with Crippen molar-refractivity contribution >= 4 is 11.5 Å². The van der Waals surface area contributed by atoms with Gasteiger partial charge in [-0.1, -0.05) is 24.3 Å². The molecule has 1 saturated heterocycles. The van der Waals surface area contributed by atoms with Gasteiger partial charge in [0.25, 0.3) is 5.56 Å². The molecule has 1 atom stereocenters. The van der Waals surface area contributed by atoms with Crippen LogP contribution < -0.4 is 10.9 Å². The van der Waals surface area contributed by atoms with Crippen molar-refractivity contribution in [2.45, 2.75) is 32.0 Å². The molecule has 1 unspecified atom stereocenters. The number of aliphatic hydroxyl groups is 1. The Morgan fingerprint density at radius 2 is 2.09 bits per heavy atom. The highest BCUT2D eigenvalue weighted by molar-refractivity contribution is 6.09. The van der Waals surface area contributed by atoms with E-state index in [1.165, 1.54) is 18.3 Å². The molecule has 2 aromatic heterocycles. The number of nitrogens with one attached hydrogen (secondary N) is 2. The van der Waals surface area contributed by atoms with Gasteiger partial charge in [-0.3, -0.25) is 9.78 Å². The number of aliphatic hydroxyl groups excluding tert-OH is 1. The third-order valence-electron chi connectivity index (χ3n) is 5.53. The van der Waals surface area contributed by atoms with Gasteiger partial charge in [0.05, 0.1) is 36.4 Å². The Morgan fingerprint density at radius 3 is 2.82 bits per heavy atom. The largest absolute Gasteiger partial charge is 0.506 e. The van der Waals surface area contributed by atoms with Crippen LogP contribution in [0.5, 0.6) is 0 Å². The number of rotatable bonds is 8. The van der Waals surface area contributed by atoms with Gasteiger partial charge in [0.15, 0.2) is 0 Å². The normalized spacial score (nSPS) is 16.2. The third-order valence-corrected chi connectivity index (χ3v) is 5.53. The van der Waals surface area contributed by atoms with Crippen LogP contribution in [0.25, 0.3) is 17.0 Å². The van der Waals surface area contributed by atoms with Gasteiger partial charge in [0, 0.05) is 37.1 Å². The standard InChI is InChI=1S/C25H27N5O3/c1-27-12-17-4-6-18(7-5-17)21(26)11-24(31)23-14-28-13-22(29-23)19-8-9-25(32)30(15-19)16-20-3-2-10-33-20/h4-9,11,13-15,20,26-27,31H,2-3,10,12,16H2,1H3/b24-11-,26-21?. The number of aromatic nitrogens is 3. The molecule has 1 fully saturated rings. The summed E-state index contributed by atoms with van der Waals surface area (Å²) >= 11 is 0. The maximum Gasteiger partial charge on any atom is 0.250 e. The Balaban J connectivity index is 1.54. The van der Waals surface area contributed by atoms with E-state index in [4.69, 9.17) is 10.1 Å². The highest BCUT2D eigenvalue weighted by Crippen LogP contribution is 2.19. The number of nitrogens with zero attached hydrogens (tertiary/aromatic N) is 3. The molecular formula is C25H27N5O3. The van der Waals surface area contributed by atoms with Crippen molar-refractivity contribution in [1.29, 1.82) is 5.41 Å². The molecule has 1 aromatic carbocycles. The molecule has 0 bridgehead atoms. The second kappa shape index (κ2) is 10.3. The van der Waals surface area contributed by atoms with Crippen LogP contribution in [0.1, 0.15) is 29.7 Å². The van der Waals surface area contributed by atoms with Crippen molar-refractivity contribution in [1.82, 2.24) is 19.9 Å². The fourth-order valence-corrected chi connectivity index (χ4v) is 3.76. The van der Waals surface area contributed by atoms with Gasteiger partial charge in [-0.2, -0.15) is 0 Å². The topological polar surface area (TPSA) is 113 Å². The first kappa shape index (κ1) is 22.6. The Bertz CT molecular complexity index is 1210. The summed E-state index contributed by atoms with van der Waals surface area (Å²) in [5, 5.41) is 22.0. The van der Waals surface area contributed by atoms with Crippen LogP contribution in [0.15, 0.2) is 65.9 Å². The lowest BCUT2D eigenvalue weighted by atomic mass is 10.1. The molecule has 8 nitrogen and oxygen atoms in total. The van der Waals surface area contributed by atoms with E-state index in [1.807, 2.05) is 31.3 Å². The minimum atomic E-state index is -0.152. The van der Waals surface area contributed by atoms with E-state index in [2.05, 4.69) is 15.3 Å². The Kier molecular flexibility index (Phi) is 7.07. The van der Waals surface area contributed by atoms with Crippen molar-refractivity contribution < 1.29 is 9.84 Å². The molecule has 0 radical (unpaired) electrons. The first-order chi connectivity index (χ1) is 16.0. The summed E-state index contributed by atoms with van der Waals surface area (Å²) < 4.78 is 7.28. The minimum Gasteiger partial charge on any atom is -0.506 e. The zero-order valence-corrected chi connectivity index (χ0v) is 18.5. The maximum absolute atomic E-state index is 12.3. The molecular weight excluding hydrogens is 418 g/mol. The van der Waals surface area contributed by atoms with E-state index in [-0.39, 0.29) is 28.8 Å². The predicted molar refractivity (Wildman–Crippen MR) is 127 cm³/mol. The molecule has 1 aliphatic rings. The van der Waals surface area contributed by atoms with Crippen LogP contribution in [0.3, 0.4) is 0 Å². The Labute approximate surface area is 192 Å². The molecule has 4 rings (SSSR count). The van der Waals surface area contributed by atoms with Gasteiger partial charge >= 0.3 is 0 Å². The average molecular weight is 446 g/mol. The number of allylic oxidation sites excluding steroid dienone is 1. The van der Waals surface area contributed by atoms with Crippen molar-refractivity contribution in [3.63, 3.8) is 0 Å². The molecule has 0 aliphatic carbocycles. The van der Waals surface area contributed by atoms with Gasteiger partial charge in [-0.25, -0.2) is 4.98 Å². The second-order valence-electron chi connectivity index (χ2n) is 8.00. The highest BCUT2D eigenvalue weighted by atomic mass is 16.5. The van der Waals surface area contributed by atoms with E-state index in [0.717, 1.165) is 31.6 Å². The lowest BCUT2D eigenvalue weighted by Crippen LogP contribution is -2.25. The number of ether oxygens (including phenoxy) is 1. The molecule has 33 heavy (non-hydrogen) atoms. The summed E-state index contributed by atoms with van der Waals surface area (Å²) in [7, 11) is 1.88. The fourth-order valence-electron chi connectivity index (χ4n) is 3.76. The molecule has 3 N–H and O–H groups in total. The lowest BCUT2D eigenvalue weighted by molar-refractivity contribution is 0.0962. The number of pyridine rings is 1. The molecule has 3 aromatic rings. The van der Waals surface area contributed by atoms with Crippen LogP contribution in [-0.2, 0) is 17.8 Å². The molecule has 3 heterocycles. The van der Waals surface area contributed by atoms with E-state index in [9.17, 15) is 9.90 Å². The van der Waals surface area contributed by atoms with Crippen molar-refractivity contribution in [3.05, 3.63) is 88.2 Å². The zero-order valence-electron chi connectivity index (χ0n) is 18.5. The quantitative estimate of drug-likeness (QED) is 0.363.